The Morgan fingerprint density at radius 2 is 1.83 bits per heavy atom. The molecule has 1 aliphatic rings. The number of hydroxylamine groups is 2. The van der Waals surface area contributed by atoms with Crippen molar-refractivity contribution in [1.82, 2.24) is 9.96 Å². The van der Waals surface area contributed by atoms with Gasteiger partial charge in [0.15, 0.2) is 0 Å². The first-order valence-corrected chi connectivity index (χ1v) is 6.93. The van der Waals surface area contributed by atoms with E-state index in [1.54, 1.807) is 13.8 Å². The zero-order chi connectivity index (χ0) is 14.1. The van der Waals surface area contributed by atoms with Crippen LogP contribution < -0.4 is 0 Å². The summed E-state index contributed by atoms with van der Waals surface area (Å²) in [5, 5.41) is 13.4. The van der Waals surface area contributed by atoms with Crippen molar-refractivity contribution in [3.63, 3.8) is 0 Å². The molecule has 0 bridgehead atoms. The van der Waals surface area contributed by atoms with E-state index in [2.05, 4.69) is 6.92 Å². The highest BCUT2D eigenvalue weighted by Gasteiger charge is 2.50. The Kier molecular flexibility index (Phi) is 4.44. The molecular formula is C14H27N2O2. The molecule has 1 heterocycles. The smallest absolute Gasteiger partial charge is 0.245 e. The van der Waals surface area contributed by atoms with E-state index in [-0.39, 0.29) is 11.9 Å². The summed E-state index contributed by atoms with van der Waals surface area (Å²) in [6, 6.07) is 0.122. The van der Waals surface area contributed by atoms with Crippen molar-refractivity contribution in [2.75, 3.05) is 6.54 Å². The van der Waals surface area contributed by atoms with E-state index in [9.17, 15) is 10.0 Å². The quantitative estimate of drug-likeness (QED) is 0.778. The summed E-state index contributed by atoms with van der Waals surface area (Å²) in [4.78, 5) is 14.5. The second-order valence-corrected chi connectivity index (χ2v) is 6.57. The third kappa shape index (κ3) is 2.69. The largest absolute Gasteiger partial charge is 0.338 e. The number of amides is 1. The van der Waals surface area contributed by atoms with Crippen molar-refractivity contribution < 1.29 is 10.0 Å². The molecule has 1 rings (SSSR count). The van der Waals surface area contributed by atoms with Gasteiger partial charge in [-0.15, -0.1) is 10.3 Å². The van der Waals surface area contributed by atoms with Crippen LogP contribution in [0.3, 0.4) is 0 Å². The van der Waals surface area contributed by atoms with Gasteiger partial charge in [-0.1, -0.05) is 13.3 Å². The highest BCUT2D eigenvalue weighted by molar-refractivity contribution is 5.86. The van der Waals surface area contributed by atoms with Gasteiger partial charge in [0.1, 0.15) is 5.54 Å². The van der Waals surface area contributed by atoms with Crippen molar-refractivity contribution in [3.8, 4) is 0 Å². The monoisotopic (exact) mass is 255 g/mol. The molecule has 0 N–H and O–H groups in total. The number of rotatable bonds is 3. The maximum absolute atomic E-state index is 12.6. The lowest BCUT2D eigenvalue weighted by atomic mass is 9.93. The Morgan fingerprint density at radius 1 is 1.28 bits per heavy atom. The van der Waals surface area contributed by atoms with Crippen LogP contribution in [0.2, 0.25) is 0 Å². The molecule has 105 valence electrons. The number of carbonyl (C=O) groups is 1. The van der Waals surface area contributed by atoms with Crippen LogP contribution in [0.1, 0.15) is 60.8 Å². The topological polar surface area (TPSA) is 43.5 Å². The maximum atomic E-state index is 12.6. The van der Waals surface area contributed by atoms with Crippen molar-refractivity contribution in [1.29, 1.82) is 0 Å². The Labute approximate surface area is 111 Å². The van der Waals surface area contributed by atoms with Crippen LogP contribution in [0, 0.1) is 0 Å². The summed E-state index contributed by atoms with van der Waals surface area (Å²) in [5.41, 5.74) is -1.47. The number of nitrogens with zero attached hydrogens (tertiary/aromatic N) is 2. The fraction of sp³-hybridized carbons (Fsp3) is 0.929. The van der Waals surface area contributed by atoms with E-state index >= 15 is 0 Å². The zero-order valence-electron chi connectivity index (χ0n) is 12.6. The fourth-order valence-corrected chi connectivity index (χ4v) is 2.96. The van der Waals surface area contributed by atoms with Crippen molar-refractivity contribution in [3.05, 3.63) is 0 Å². The van der Waals surface area contributed by atoms with Crippen molar-refractivity contribution >= 4 is 5.91 Å². The molecule has 4 heteroatoms. The number of hydrogen-bond donors (Lipinski definition) is 0. The van der Waals surface area contributed by atoms with Gasteiger partial charge in [-0.2, -0.15) is 0 Å². The summed E-state index contributed by atoms with van der Waals surface area (Å²) in [5.74, 6) is -0.0379. The van der Waals surface area contributed by atoms with E-state index in [1.165, 1.54) is 0 Å². The average molecular weight is 255 g/mol. The predicted octanol–water partition coefficient (Wildman–Crippen LogP) is 2.61. The average Bonchev–Trinajstić information content (AvgIpc) is 2.29. The van der Waals surface area contributed by atoms with Gasteiger partial charge >= 0.3 is 0 Å². The molecule has 1 radical (unpaired) electrons. The van der Waals surface area contributed by atoms with Crippen LogP contribution in [-0.2, 0) is 10.0 Å². The minimum Gasteiger partial charge on any atom is -0.338 e. The lowest BCUT2D eigenvalue weighted by Crippen LogP contribution is -2.57. The summed E-state index contributed by atoms with van der Waals surface area (Å²) >= 11 is 0. The Balaban J connectivity index is 3.06. The molecule has 4 nitrogen and oxygen atoms in total. The van der Waals surface area contributed by atoms with Crippen LogP contribution in [0.4, 0.5) is 0 Å². The molecule has 0 aromatic heterocycles. The molecule has 0 aromatic rings. The summed E-state index contributed by atoms with van der Waals surface area (Å²) < 4.78 is 0. The van der Waals surface area contributed by atoms with E-state index in [0.29, 0.717) is 0 Å². The molecule has 1 amide bonds. The number of carbonyl (C=O) groups excluding carboxylic acids is 1. The molecule has 1 saturated heterocycles. The lowest BCUT2D eigenvalue weighted by molar-refractivity contribution is -0.263. The molecule has 1 aliphatic heterocycles. The van der Waals surface area contributed by atoms with Crippen LogP contribution in [0.15, 0.2) is 0 Å². The van der Waals surface area contributed by atoms with Crippen LogP contribution >= 0.6 is 0 Å². The lowest BCUT2D eigenvalue weighted by Gasteiger charge is -2.38. The first-order valence-electron chi connectivity index (χ1n) is 6.93. The summed E-state index contributed by atoms with van der Waals surface area (Å²) in [6.45, 7) is 12.2. The second-order valence-electron chi connectivity index (χ2n) is 6.57. The highest BCUT2D eigenvalue weighted by atomic mass is 16.5. The van der Waals surface area contributed by atoms with Gasteiger partial charge in [0.2, 0.25) is 5.91 Å². The molecule has 0 saturated carbocycles. The predicted molar refractivity (Wildman–Crippen MR) is 71.4 cm³/mol. The van der Waals surface area contributed by atoms with Gasteiger partial charge in [-0.25, -0.2) is 0 Å². The van der Waals surface area contributed by atoms with Gasteiger partial charge in [0, 0.05) is 18.1 Å². The normalized spacial score (nSPS) is 28.3. The third-order valence-corrected chi connectivity index (χ3v) is 3.92. The van der Waals surface area contributed by atoms with Gasteiger partial charge in [0.05, 0.1) is 0 Å². The van der Waals surface area contributed by atoms with Crippen LogP contribution in [-0.4, -0.2) is 39.5 Å². The Bertz CT molecular complexity index is 313. The van der Waals surface area contributed by atoms with Crippen LogP contribution in [0.5, 0.6) is 0 Å². The minimum absolute atomic E-state index is 0.0379. The van der Waals surface area contributed by atoms with Gasteiger partial charge in [0.25, 0.3) is 0 Å². The maximum Gasteiger partial charge on any atom is 0.245 e. The van der Waals surface area contributed by atoms with Gasteiger partial charge < -0.3 is 4.90 Å². The third-order valence-electron chi connectivity index (χ3n) is 3.92. The standard InChI is InChI=1S/C14H27N2O2/c1-7-8-9-15-11(2)10-13(3,4)16(18)14(5,6)12(15)17/h11H,7-10H2,1-6H3. The first kappa shape index (κ1) is 15.4. The van der Waals surface area contributed by atoms with Crippen LogP contribution in [0.25, 0.3) is 0 Å². The van der Waals surface area contributed by atoms with Crippen molar-refractivity contribution in [2.45, 2.75) is 77.9 Å². The van der Waals surface area contributed by atoms with Gasteiger partial charge in [-0.3, -0.25) is 4.79 Å². The molecule has 0 aromatic carbocycles. The number of hydrogen-bond acceptors (Lipinski definition) is 2. The minimum atomic E-state index is -0.970. The van der Waals surface area contributed by atoms with E-state index in [4.69, 9.17) is 0 Å². The molecule has 18 heavy (non-hydrogen) atoms. The molecule has 1 fully saturated rings. The first-order chi connectivity index (χ1) is 8.14. The van der Waals surface area contributed by atoms with E-state index < -0.39 is 11.1 Å². The molecule has 0 spiro atoms. The van der Waals surface area contributed by atoms with Crippen molar-refractivity contribution in [2.24, 2.45) is 0 Å². The zero-order valence-corrected chi connectivity index (χ0v) is 12.6. The molecule has 0 aliphatic carbocycles. The van der Waals surface area contributed by atoms with Gasteiger partial charge in [-0.05, 0) is 47.5 Å². The Morgan fingerprint density at radius 3 is 2.33 bits per heavy atom. The number of unbranched alkanes of at least 4 members (excludes halogenated alkanes) is 1. The van der Waals surface area contributed by atoms with E-state index in [0.717, 1.165) is 30.9 Å². The SMILES string of the molecule is CCCCN1C(=O)C(C)(C)N([O])C(C)(C)CC1C. The Hall–Kier alpha value is -0.610. The molecule has 1 atom stereocenters. The van der Waals surface area contributed by atoms with E-state index in [1.807, 2.05) is 25.7 Å². The second kappa shape index (κ2) is 5.17. The molecule has 1 unspecified atom stereocenters. The summed E-state index contributed by atoms with van der Waals surface area (Å²) in [6.07, 6.45) is 2.77. The summed E-state index contributed by atoms with van der Waals surface area (Å²) in [7, 11) is 0. The highest BCUT2D eigenvalue weighted by Crippen LogP contribution is 2.34. The molecular weight excluding hydrogens is 228 g/mol. The fourth-order valence-electron chi connectivity index (χ4n) is 2.96.